The number of sulfonamides is 1. The Morgan fingerprint density at radius 1 is 1.20 bits per heavy atom. The van der Waals surface area contributed by atoms with Gasteiger partial charge in [-0.25, -0.2) is 8.42 Å². The highest BCUT2D eigenvalue weighted by Gasteiger charge is 2.39. The van der Waals surface area contributed by atoms with Crippen LogP contribution < -0.4 is 5.32 Å². The molecule has 3 rings (SSSR count). The summed E-state index contributed by atoms with van der Waals surface area (Å²) in [4.78, 5) is 0.340. The molecule has 1 heterocycles. The number of nitrogens with one attached hydrogen (secondary N) is 1. The molecule has 1 saturated heterocycles. The molecule has 1 N–H and O–H groups in total. The first-order valence-corrected chi connectivity index (χ1v) is 8.90. The smallest absolute Gasteiger partial charge is 0.243 e. The van der Waals surface area contributed by atoms with Crippen molar-refractivity contribution in [3.63, 3.8) is 0 Å². The van der Waals surface area contributed by atoms with Crippen LogP contribution >= 0.6 is 11.6 Å². The van der Waals surface area contributed by atoms with E-state index in [1.807, 2.05) is 0 Å². The fraction of sp³-hybridized carbons (Fsp3) is 0.571. The summed E-state index contributed by atoms with van der Waals surface area (Å²) in [6, 6.07) is 6.92. The first-order chi connectivity index (χ1) is 9.57. The minimum absolute atomic E-state index is 0.179. The Morgan fingerprint density at radius 2 is 1.90 bits per heavy atom. The SMILES string of the molecule is O=S(=O)(c1ccc(Cl)cc1)N(CC1CCCN1)C1CC1. The second-order valence-corrected chi connectivity index (χ2v) is 7.88. The third-order valence-corrected chi connectivity index (χ3v) is 6.12. The van der Waals surface area contributed by atoms with Gasteiger partial charge in [0.05, 0.1) is 4.90 Å². The van der Waals surface area contributed by atoms with E-state index in [0.717, 1.165) is 32.2 Å². The monoisotopic (exact) mass is 314 g/mol. The van der Waals surface area contributed by atoms with Crippen molar-refractivity contribution in [2.45, 2.75) is 42.7 Å². The Hall–Kier alpha value is -0.620. The van der Waals surface area contributed by atoms with E-state index in [1.54, 1.807) is 28.6 Å². The Balaban J connectivity index is 1.83. The molecule has 1 aliphatic heterocycles. The van der Waals surface area contributed by atoms with Gasteiger partial charge in [-0.15, -0.1) is 0 Å². The molecule has 0 spiro atoms. The maximum Gasteiger partial charge on any atom is 0.243 e. The molecular weight excluding hydrogens is 296 g/mol. The molecule has 2 aliphatic rings. The van der Waals surface area contributed by atoms with Gasteiger partial charge < -0.3 is 5.32 Å². The minimum Gasteiger partial charge on any atom is -0.313 e. The van der Waals surface area contributed by atoms with Crippen LogP contribution in [0.4, 0.5) is 0 Å². The highest BCUT2D eigenvalue weighted by Crippen LogP contribution is 2.33. The summed E-state index contributed by atoms with van der Waals surface area (Å²) in [6.07, 6.45) is 4.13. The summed E-state index contributed by atoms with van der Waals surface area (Å²) in [5.74, 6) is 0. The zero-order chi connectivity index (χ0) is 14.2. The van der Waals surface area contributed by atoms with Gasteiger partial charge in [-0.05, 0) is 56.5 Å². The van der Waals surface area contributed by atoms with Gasteiger partial charge in [0.2, 0.25) is 10.0 Å². The van der Waals surface area contributed by atoms with Crippen molar-refractivity contribution in [2.24, 2.45) is 0 Å². The Bertz CT molecular complexity index is 563. The molecule has 0 bridgehead atoms. The van der Waals surface area contributed by atoms with Crippen LogP contribution in [-0.2, 0) is 10.0 Å². The van der Waals surface area contributed by atoms with E-state index in [0.29, 0.717) is 16.5 Å². The zero-order valence-corrected chi connectivity index (χ0v) is 12.8. The summed E-state index contributed by atoms with van der Waals surface area (Å²) < 4.78 is 27.2. The van der Waals surface area contributed by atoms with Crippen molar-refractivity contribution < 1.29 is 8.42 Å². The molecule has 0 amide bonds. The third-order valence-electron chi connectivity index (χ3n) is 3.94. The van der Waals surface area contributed by atoms with E-state index >= 15 is 0 Å². The first kappa shape index (κ1) is 14.3. The van der Waals surface area contributed by atoms with E-state index < -0.39 is 10.0 Å². The first-order valence-electron chi connectivity index (χ1n) is 7.08. The van der Waals surface area contributed by atoms with Crippen molar-refractivity contribution in [1.82, 2.24) is 9.62 Å². The van der Waals surface area contributed by atoms with E-state index in [-0.39, 0.29) is 12.1 Å². The van der Waals surface area contributed by atoms with Crippen LogP contribution in [0.25, 0.3) is 0 Å². The summed E-state index contributed by atoms with van der Waals surface area (Å²) in [5.41, 5.74) is 0. The fourth-order valence-electron chi connectivity index (χ4n) is 2.68. The highest BCUT2D eigenvalue weighted by atomic mass is 35.5. The van der Waals surface area contributed by atoms with Crippen LogP contribution in [0.5, 0.6) is 0 Å². The van der Waals surface area contributed by atoms with E-state index in [4.69, 9.17) is 11.6 Å². The Labute approximate surface area is 125 Å². The van der Waals surface area contributed by atoms with Crippen LogP contribution in [0.15, 0.2) is 29.2 Å². The lowest BCUT2D eigenvalue weighted by atomic mass is 10.2. The second kappa shape index (κ2) is 5.64. The molecule has 4 nitrogen and oxygen atoms in total. The van der Waals surface area contributed by atoms with Crippen molar-refractivity contribution >= 4 is 21.6 Å². The van der Waals surface area contributed by atoms with E-state index in [2.05, 4.69) is 5.32 Å². The molecule has 6 heteroatoms. The molecule has 2 fully saturated rings. The third kappa shape index (κ3) is 3.01. The average Bonchev–Trinajstić information content (AvgIpc) is 3.12. The average molecular weight is 315 g/mol. The molecular formula is C14H19ClN2O2S. The van der Waals surface area contributed by atoms with Crippen molar-refractivity contribution in [3.05, 3.63) is 29.3 Å². The van der Waals surface area contributed by atoms with Crippen molar-refractivity contribution in [2.75, 3.05) is 13.1 Å². The van der Waals surface area contributed by atoms with Gasteiger partial charge >= 0.3 is 0 Å². The lowest BCUT2D eigenvalue weighted by molar-refractivity contribution is 0.363. The predicted molar refractivity (Wildman–Crippen MR) is 79.4 cm³/mol. The van der Waals surface area contributed by atoms with Crippen LogP contribution in [-0.4, -0.2) is 37.9 Å². The number of nitrogens with zero attached hydrogens (tertiary/aromatic N) is 1. The van der Waals surface area contributed by atoms with E-state index in [1.165, 1.54) is 0 Å². The molecule has 1 atom stereocenters. The van der Waals surface area contributed by atoms with Gasteiger partial charge in [0.1, 0.15) is 0 Å². The normalized spacial score (nSPS) is 23.4. The van der Waals surface area contributed by atoms with Gasteiger partial charge in [0, 0.05) is 23.7 Å². The van der Waals surface area contributed by atoms with Crippen LogP contribution in [0.1, 0.15) is 25.7 Å². The molecule has 0 aromatic heterocycles. The molecule has 1 aromatic rings. The number of halogens is 1. The topological polar surface area (TPSA) is 49.4 Å². The standard InChI is InChI=1S/C14H19ClN2O2S/c15-11-3-7-14(8-4-11)20(18,19)17(13-5-6-13)10-12-2-1-9-16-12/h3-4,7-8,12-13,16H,1-2,5-6,9-10H2. The maximum atomic E-state index is 12.8. The lowest BCUT2D eigenvalue weighted by Gasteiger charge is -2.25. The highest BCUT2D eigenvalue weighted by molar-refractivity contribution is 7.89. The van der Waals surface area contributed by atoms with Crippen LogP contribution in [0, 0.1) is 0 Å². The lowest BCUT2D eigenvalue weighted by Crippen LogP contribution is -2.42. The fourth-order valence-corrected chi connectivity index (χ4v) is 4.53. The van der Waals surface area contributed by atoms with Crippen molar-refractivity contribution in [3.8, 4) is 0 Å². The molecule has 0 radical (unpaired) electrons. The van der Waals surface area contributed by atoms with Gasteiger partial charge in [0.15, 0.2) is 0 Å². The Kier molecular flexibility index (Phi) is 4.04. The summed E-state index contributed by atoms with van der Waals surface area (Å²) >= 11 is 5.84. The van der Waals surface area contributed by atoms with Crippen LogP contribution in [0.3, 0.4) is 0 Å². The molecule has 1 unspecified atom stereocenters. The maximum absolute atomic E-state index is 12.8. The second-order valence-electron chi connectivity index (χ2n) is 5.55. The molecule has 20 heavy (non-hydrogen) atoms. The quantitative estimate of drug-likeness (QED) is 0.907. The van der Waals surface area contributed by atoms with Crippen molar-refractivity contribution in [1.29, 1.82) is 0 Å². The molecule has 1 saturated carbocycles. The Morgan fingerprint density at radius 3 is 2.45 bits per heavy atom. The summed E-state index contributed by atoms with van der Waals surface area (Å²) in [6.45, 7) is 1.57. The summed E-state index contributed by atoms with van der Waals surface area (Å²) in [5, 5.41) is 3.93. The minimum atomic E-state index is -3.41. The number of rotatable bonds is 5. The van der Waals surface area contributed by atoms with Gasteiger partial charge in [0.25, 0.3) is 0 Å². The number of hydrogen-bond donors (Lipinski definition) is 1. The molecule has 1 aromatic carbocycles. The van der Waals surface area contributed by atoms with Crippen LogP contribution in [0.2, 0.25) is 5.02 Å². The molecule has 1 aliphatic carbocycles. The molecule has 110 valence electrons. The van der Waals surface area contributed by atoms with E-state index in [9.17, 15) is 8.42 Å². The van der Waals surface area contributed by atoms with Gasteiger partial charge in [-0.3, -0.25) is 0 Å². The predicted octanol–water partition coefficient (Wildman–Crippen LogP) is 2.25. The zero-order valence-electron chi connectivity index (χ0n) is 11.3. The van der Waals surface area contributed by atoms with Gasteiger partial charge in [-0.2, -0.15) is 4.31 Å². The number of hydrogen-bond acceptors (Lipinski definition) is 3. The number of benzene rings is 1. The largest absolute Gasteiger partial charge is 0.313 e. The summed E-state index contributed by atoms with van der Waals surface area (Å²) in [7, 11) is -3.41. The van der Waals surface area contributed by atoms with Gasteiger partial charge in [-0.1, -0.05) is 11.6 Å².